The molecule has 1 saturated heterocycles. The molecule has 6 heteroatoms. The van der Waals surface area contributed by atoms with Gasteiger partial charge in [-0.05, 0) is 31.4 Å². The number of hydrogen-bond acceptors (Lipinski definition) is 3. The third kappa shape index (κ3) is 2.98. The Morgan fingerprint density at radius 3 is 2.55 bits per heavy atom. The van der Waals surface area contributed by atoms with Crippen molar-refractivity contribution in [1.82, 2.24) is 9.80 Å². The first-order valence-corrected chi connectivity index (χ1v) is 8.11. The molecule has 2 atom stereocenters. The molecular weight excluding hydrogens is 307 g/mol. The van der Waals surface area contributed by atoms with Crippen molar-refractivity contribution in [2.75, 3.05) is 26.2 Å². The molecule has 1 aliphatic heterocycles. The Bertz CT molecular complexity index is 541. The Labute approximate surface area is 134 Å². The third-order valence-electron chi connectivity index (χ3n) is 4.69. The molecule has 22 heavy (non-hydrogen) atoms. The van der Waals surface area contributed by atoms with Gasteiger partial charge in [0.1, 0.15) is 5.82 Å². The van der Waals surface area contributed by atoms with Gasteiger partial charge in [0.15, 0.2) is 0 Å². The van der Waals surface area contributed by atoms with Gasteiger partial charge in [-0.25, -0.2) is 4.39 Å². The number of halogens is 2. The first-order valence-electron chi connectivity index (χ1n) is 7.73. The highest BCUT2D eigenvalue weighted by molar-refractivity contribution is 6.33. The fraction of sp³-hybridized carbons (Fsp3) is 0.562. The predicted octanol–water partition coefficient (Wildman–Crippen LogP) is 2.15. The number of amides is 1. The smallest absolute Gasteiger partial charge is 0.258 e. The maximum Gasteiger partial charge on any atom is 0.258 e. The molecule has 4 nitrogen and oxygen atoms in total. The highest BCUT2D eigenvalue weighted by Gasteiger charge is 2.34. The second-order valence-corrected chi connectivity index (χ2v) is 6.40. The predicted molar refractivity (Wildman–Crippen MR) is 82.5 cm³/mol. The summed E-state index contributed by atoms with van der Waals surface area (Å²) in [5.74, 6) is -0.930. The molecule has 1 aromatic rings. The van der Waals surface area contributed by atoms with Crippen molar-refractivity contribution < 1.29 is 14.3 Å². The van der Waals surface area contributed by atoms with Crippen LogP contribution in [0.15, 0.2) is 18.2 Å². The lowest BCUT2D eigenvalue weighted by Crippen LogP contribution is -2.53. The van der Waals surface area contributed by atoms with Crippen molar-refractivity contribution in [2.24, 2.45) is 0 Å². The quantitative estimate of drug-likeness (QED) is 0.905. The minimum absolute atomic E-state index is 0.0430. The minimum atomic E-state index is -0.578. The SMILES string of the molecule is O=C(c1c(F)cccc1Cl)N1CCN(C2CCCC2O)CC1. The zero-order valence-electron chi connectivity index (χ0n) is 12.3. The number of rotatable bonds is 2. The van der Waals surface area contributed by atoms with Gasteiger partial charge >= 0.3 is 0 Å². The van der Waals surface area contributed by atoms with Crippen LogP contribution in [0, 0.1) is 5.82 Å². The van der Waals surface area contributed by atoms with E-state index in [1.807, 2.05) is 0 Å². The van der Waals surface area contributed by atoms with Gasteiger partial charge in [-0.2, -0.15) is 0 Å². The van der Waals surface area contributed by atoms with Gasteiger partial charge in [-0.1, -0.05) is 17.7 Å². The zero-order chi connectivity index (χ0) is 15.7. The van der Waals surface area contributed by atoms with Gasteiger partial charge in [-0.3, -0.25) is 9.69 Å². The van der Waals surface area contributed by atoms with Crippen LogP contribution < -0.4 is 0 Å². The summed E-state index contributed by atoms with van der Waals surface area (Å²) in [6.45, 7) is 2.48. The first kappa shape index (κ1) is 15.7. The van der Waals surface area contributed by atoms with Crippen LogP contribution in [0.1, 0.15) is 29.6 Å². The molecule has 1 aliphatic carbocycles. The number of carbonyl (C=O) groups is 1. The third-order valence-corrected chi connectivity index (χ3v) is 5.01. The normalized spacial score (nSPS) is 26.4. The van der Waals surface area contributed by atoms with Crippen molar-refractivity contribution in [3.05, 3.63) is 34.6 Å². The van der Waals surface area contributed by atoms with E-state index < -0.39 is 5.82 Å². The Morgan fingerprint density at radius 2 is 1.95 bits per heavy atom. The summed E-state index contributed by atoms with van der Waals surface area (Å²) in [6.07, 6.45) is 2.65. The molecular formula is C16H20ClFN2O2. The highest BCUT2D eigenvalue weighted by atomic mass is 35.5. The summed E-state index contributed by atoms with van der Waals surface area (Å²) in [5.41, 5.74) is -0.0430. The van der Waals surface area contributed by atoms with Crippen molar-refractivity contribution in [2.45, 2.75) is 31.4 Å². The molecule has 2 unspecified atom stereocenters. The second-order valence-electron chi connectivity index (χ2n) is 5.99. The molecule has 0 radical (unpaired) electrons. The summed E-state index contributed by atoms with van der Waals surface area (Å²) in [5, 5.41) is 10.1. The Balaban J connectivity index is 1.65. The Kier molecular flexibility index (Phi) is 4.66. The minimum Gasteiger partial charge on any atom is -0.391 e. The molecule has 0 aromatic heterocycles. The molecule has 2 fully saturated rings. The fourth-order valence-corrected chi connectivity index (χ4v) is 3.71. The second kappa shape index (κ2) is 6.52. The van der Waals surface area contributed by atoms with Gasteiger partial charge in [0.2, 0.25) is 0 Å². The summed E-state index contributed by atoms with van der Waals surface area (Å²) in [4.78, 5) is 16.3. The molecule has 1 amide bonds. The maximum absolute atomic E-state index is 13.9. The molecule has 120 valence electrons. The summed E-state index contributed by atoms with van der Waals surface area (Å²) < 4.78 is 13.9. The molecule has 1 aromatic carbocycles. The number of hydrogen-bond donors (Lipinski definition) is 1. The van der Waals surface area contributed by atoms with Crippen LogP contribution in [0.2, 0.25) is 5.02 Å². The molecule has 0 spiro atoms. The van der Waals surface area contributed by atoms with E-state index in [0.29, 0.717) is 26.2 Å². The van der Waals surface area contributed by atoms with Crippen LogP contribution in [-0.4, -0.2) is 59.1 Å². The van der Waals surface area contributed by atoms with E-state index in [0.717, 1.165) is 19.3 Å². The fourth-order valence-electron chi connectivity index (χ4n) is 3.46. The van der Waals surface area contributed by atoms with Crippen molar-refractivity contribution in [1.29, 1.82) is 0 Å². The lowest BCUT2D eigenvalue weighted by Gasteiger charge is -2.39. The highest BCUT2D eigenvalue weighted by Crippen LogP contribution is 2.26. The number of carbonyl (C=O) groups excluding carboxylic acids is 1. The van der Waals surface area contributed by atoms with E-state index >= 15 is 0 Å². The average Bonchev–Trinajstić information content (AvgIpc) is 2.93. The molecule has 0 bridgehead atoms. The maximum atomic E-state index is 13.9. The number of nitrogens with zero attached hydrogens (tertiary/aromatic N) is 2. The van der Waals surface area contributed by atoms with Crippen LogP contribution in [0.4, 0.5) is 4.39 Å². The standard InChI is InChI=1S/C16H20ClFN2O2/c17-11-3-1-4-12(18)15(11)16(22)20-9-7-19(8-10-20)13-5-2-6-14(13)21/h1,3-4,13-14,21H,2,5-10H2. The van der Waals surface area contributed by atoms with E-state index in [-0.39, 0.29) is 28.6 Å². The van der Waals surface area contributed by atoms with Gasteiger partial charge in [0.25, 0.3) is 5.91 Å². The zero-order valence-corrected chi connectivity index (χ0v) is 13.1. The van der Waals surface area contributed by atoms with E-state index in [4.69, 9.17) is 11.6 Å². The Morgan fingerprint density at radius 1 is 1.23 bits per heavy atom. The lowest BCUT2D eigenvalue weighted by molar-refractivity contribution is 0.0314. The number of benzene rings is 1. The first-order chi connectivity index (χ1) is 10.6. The topological polar surface area (TPSA) is 43.8 Å². The van der Waals surface area contributed by atoms with Gasteiger partial charge < -0.3 is 10.0 Å². The number of piperazine rings is 1. The van der Waals surface area contributed by atoms with Gasteiger partial charge in [-0.15, -0.1) is 0 Å². The largest absolute Gasteiger partial charge is 0.391 e. The van der Waals surface area contributed by atoms with Crippen LogP contribution in [0.5, 0.6) is 0 Å². The van der Waals surface area contributed by atoms with Gasteiger partial charge in [0, 0.05) is 32.2 Å². The van der Waals surface area contributed by atoms with E-state index in [1.54, 1.807) is 4.90 Å². The van der Waals surface area contributed by atoms with Crippen LogP contribution in [-0.2, 0) is 0 Å². The molecule has 2 aliphatic rings. The van der Waals surface area contributed by atoms with E-state index in [2.05, 4.69) is 4.90 Å². The summed E-state index contributed by atoms with van der Waals surface area (Å²) >= 11 is 5.96. The van der Waals surface area contributed by atoms with Crippen LogP contribution in [0.3, 0.4) is 0 Å². The summed E-state index contributed by atoms with van der Waals surface area (Å²) in [6, 6.07) is 4.48. The molecule has 1 saturated carbocycles. The molecule has 3 rings (SSSR count). The van der Waals surface area contributed by atoms with Crippen LogP contribution in [0.25, 0.3) is 0 Å². The van der Waals surface area contributed by atoms with Crippen molar-refractivity contribution >= 4 is 17.5 Å². The molecule has 1 N–H and O–H groups in total. The van der Waals surface area contributed by atoms with Crippen molar-refractivity contribution in [3.63, 3.8) is 0 Å². The monoisotopic (exact) mass is 326 g/mol. The van der Waals surface area contributed by atoms with Gasteiger partial charge in [0.05, 0.1) is 16.7 Å². The number of aliphatic hydroxyl groups excluding tert-OH is 1. The van der Waals surface area contributed by atoms with E-state index in [9.17, 15) is 14.3 Å². The van der Waals surface area contributed by atoms with Crippen LogP contribution >= 0.6 is 11.6 Å². The number of aliphatic hydroxyl groups is 1. The Hall–Kier alpha value is -1.17. The average molecular weight is 327 g/mol. The molecule has 1 heterocycles. The van der Waals surface area contributed by atoms with Crippen molar-refractivity contribution in [3.8, 4) is 0 Å². The van der Waals surface area contributed by atoms with E-state index in [1.165, 1.54) is 18.2 Å². The summed E-state index contributed by atoms with van der Waals surface area (Å²) in [7, 11) is 0. The lowest BCUT2D eigenvalue weighted by atomic mass is 10.1.